The summed E-state index contributed by atoms with van der Waals surface area (Å²) < 4.78 is 13.1. The molecule has 1 aliphatic carbocycles. The van der Waals surface area contributed by atoms with Crippen molar-refractivity contribution in [2.45, 2.75) is 24.7 Å². The van der Waals surface area contributed by atoms with Crippen LogP contribution in [0.4, 0.5) is 4.39 Å². The minimum Gasteiger partial charge on any atom is -0.354 e. The molecule has 0 saturated heterocycles. The summed E-state index contributed by atoms with van der Waals surface area (Å²) in [6.07, 6.45) is 1.77. The van der Waals surface area contributed by atoms with Gasteiger partial charge in [0.1, 0.15) is 12.2 Å². The van der Waals surface area contributed by atoms with E-state index in [1.54, 1.807) is 12.1 Å². The van der Waals surface area contributed by atoms with E-state index in [4.69, 9.17) is 5.26 Å². The zero-order valence-electron chi connectivity index (χ0n) is 9.37. The van der Waals surface area contributed by atoms with Crippen LogP contribution in [0.25, 0.3) is 0 Å². The Balaban J connectivity index is 2.01. The van der Waals surface area contributed by atoms with Crippen molar-refractivity contribution in [1.82, 2.24) is 5.32 Å². The first kappa shape index (κ1) is 11.6. The Morgan fingerprint density at radius 1 is 1.53 bits per heavy atom. The molecule has 4 heteroatoms. The predicted molar refractivity (Wildman–Crippen MR) is 60.6 cm³/mol. The van der Waals surface area contributed by atoms with E-state index in [1.807, 2.05) is 6.07 Å². The maximum Gasteiger partial charge on any atom is 0.234 e. The van der Waals surface area contributed by atoms with Gasteiger partial charge in [0.25, 0.3) is 0 Å². The minimum absolute atomic E-state index is 0.118. The standard InChI is InChI=1S/C13H13FN2O/c14-11-3-1-2-10(8-11)13(5-6-13)9-16-12(17)4-7-15/h1-3,8H,4-6,9H2,(H,16,17). The molecule has 1 amide bonds. The molecule has 88 valence electrons. The maximum atomic E-state index is 13.1. The predicted octanol–water partition coefficient (Wildman–Crippen LogP) is 1.89. The smallest absolute Gasteiger partial charge is 0.234 e. The van der Waals surface area contributed by atoms with Crippen LogP contribution in [-0.4, -0.2) is 12.5 Å². The molecule has 2 rings (SSSR count). The van der Waals surface area contributed by atoms with Crippen molar-refractivity contribution in [2.75, 3.05) is 6.54 Å². The molecule has 17 heavy (non-hydrogen) atoms. The van der Waals surface area contributed by atoms with Crippen LogP contribution in [0.15, 0.2) is 24.3 Å². The third-order valence-electron chi connectivity index (χ3n) is 3.15. The van der Waals surface area contributed by atoms with Gasteiger partial charge in [-0.3, -0.25) is 4.79 Å². The van der Waals surface area contributed by atoms with E-state index in [-0.39, 0.29) is 23.6 Å². The number of halogens is 1. The van der Waals surface area contributed by atoms with Crippen LogP contribution in [-0.2, 0) is 10.2 Å². The molecule has 0 atom stereocenters. The molecule has 3 nitrogen and oxygen atoms in total. The Kier molecular flexibility index (Phi) is 3.10. The number of hydrogen-bond acceptors (Lipinski definition) is 2. The van der Waals surface area contributed by atoms with E-state index in [0.29, 0.717) is 6.54 Å². The Hall–Kier alpha value is -1.89. The Labute approximate surface area is 99.2 Å². The van der Waals surface area contributed by atoms with E-state index in [9.17, 15) is 9.18 Å². The molecular formula is C13H13FN2O. The molecule has 0 bridgehead atoms. The normalized spacial score (nSPS) is 16.0. The first-order valence-electron chi connectivity index (χ1n) is 5.56. The lowest BCUT2D eigenvalue weighted by molar-refractivity contribution is -0.120. The monoisotopic (exact) mass is 232 g/mol. The number of nitrogens with one attached hydrogen (secondary N) is 1. The van der Waals surface area contributed by atoms with Gasteiger partial charge in [0.15, 0.2) is 0 Å². The molecule has 0 spiro atoms. The number of carbonyl (C=O) groups excluding carboxylic acids is 1. The van der Waals surface area contributed by atoms with Crippen molar-refractivity contribution < 1.29 is 9.18 Å². The number of nitriles is 1. The average Bonchev–Trinajstić information content (AvgIpc) is 3.08. The van der Waals surface area contributed by atoms with E-state index < -0.39 is 0 Å². The van der Waals surface area contributed by atoms with Gasteiger partial charge < -0.3 is 5.32 Å². The van der Waals surface area contributed by atoms with Crippen LogP contribution in [0, 0.1) is 17.1 Å². The molecule has 0 radical (unpaired) electrons. The number of hydrogen-bond donors (Lipinski definition) is 1. The zero-order valence-corrected chi connectivity index (χ0v) is 9.37. The highest BCUT2D eigenvalue weighted by Crippen LogP contribution is 2.47. The zero-order chi connectivity index (χ0) is 12.3. The van der Waals surface area contributed by atoms with Crippen LogP contribution >= 0.6 is 0 Å². The number of amides is 1. The van der Waals surface area contributed by atoms with Crippen LogP contribution in [0.2, 0.25) is 0 Å². The molecule has 1 saturated carbocycles. The molecule has 1 aromatic carbocycles. The lowest BCUT2D eigenvalue weighted by atomic mass is 9.96. The van der Waals surface area contributed by atoms with Gasteiger partial charge in [0, 0.05) is 12.0 Å². The van der Waals surface area contributed by atoms with Gasteiger partial charge in [-0.15, -0.1) is 0 Å². The van der Waals surface area contributed by atoms with Crippen molar-refractivity contribution in [3.05, 3.63) is 35.6 Å². The van der Waals surface area contributed by atoms with E-state index in [2.05, 4.69) is 5.32 Å². The van der Waals surface area contributed by atoms with Crippen molar-refractivity contribution in [3.8, 4) is 6.07 Å². The second-order valence-corrected chi connectivity index (χ2v) is 4.40. The number of rotatable bonds is 4. The fourth-order valence-corrected chi connectivity index (χ4v) is 1.94. The van der Waals surface area contributed by atoms with Gasteiger partial charge in [-0.05, 0) is 30.5 Å². The van der Waals surface area contributed by atoms with E-state index in [1.165, 1.54) is 12.1 Å². The van der Waals surface area contributed by atoms with Gasteiger partial charge in [-0.2, -0.15) is 5.26 Å². The molecule has 1 N–H and O–H groups in total. The number of carbonyl (C=O) groups is 1. The van der Waals surface area contributed by atoms with Crippen molar-refractivity contribution >= 4 is 5.91 Å². The summed E-state index contributed by atoms with van der Waals surface area (Å²) in [7, 11) is 0. The summed E-state index contributed by atoms with van der Waals surface area (Å²) in [6.45, 7) is 0.483. The van der Waals surface area contributed by atoms with Crippen LogP contribution in [0.5, 0.6) is 0 Å². The average molecular weight is 232 g/mol. The molecule has 1 fully saturated rings. The summed E-state index contributed by atoms with van der Waals surface area (Å²) in [4.78, 5) is 11.2. The highest BCUT2D eigenvalue weighted by atomic mass is 19.1. The van der Waals surface area contributed by atoms with Crippen molar-refractivity contribution in [2.24, 2.45) is 0 Å². The Morgan fingerprint density at radius 3 is 2.88 bits per heavy atom. The lowest BCUT2D eigenvalue weighted by Gasteiger charge is -2.16. The molecule has 0 aliphatic heterocycles. The van der Waals surface area contributed by atoms with Crippen molar-refractivity contribution in [1.29, 1.82) is 5.26 Å². The molecule has 0 aromatic heterocycles. The molecule has 0 unspecified atom stereocenters. The SMILES string of the molecule is N#CCC(=O)NCC1(c2cccc(F)c2)CC1. The van der Waals surface area contributed by atoms with Gasteiger partial charge in [-0.25, -0.2) is 4.39 Å². The highest BCUT2D eigenvalue weighted by Gasteiger charge is 2.44. The lowest BCUT2D eigenvalue weighted by Crippen LogP contribution is -2.31. The van der Waals surface area contributed by atoms with Gasteiger partial charge in [-0.1, -0.05) is 12.1 Å². The first-order valence-corrected chi connectivity index (χ1v) is 5.56. The second-order valence-electron chi connectivity index (χ2n) is 4.40. The van der Waals surface area contributed by atoms with Crippen LogP contribution in [0.1, 0.15) is 24.8 Å². The van der Waals surface area contributed by atoms with E-state index in [0.717, 1.165) is 18.4 Å². The van der Waals surface area contributed by atoms with Crippen molar-refractivity contribution in [3.63, 3.8) is 0 Å². The third-order valence-corrected chi connectivity index (χ3v) is 3.15. The summed E-state index contributed by atoms with van der Waals surface area (Å²) in [5, 5.41) is 11.1. The molecule has 0 heterocycles. The maximum absolute atomic E-state index is 13.1. The Morgan fingerprint density at radius 2 is 2.29 bits per heavy atom. The fraction of sp³-hybridized carbons (Fsp3) is 0.385. The number of benzene rings is 1. The molecular weight excluding hydrogens is 219 g/mol. The highest BCUT2D eigenvalue weighted by molar-refractivity contribution is 5.78. The largest absolute Gasteiger partial charge is 0.354 e. The summed E-state index contributed by atoms with van der Waals surface area (Å²) in [5.41, 5.74) is 0.808. The third kappa shape index (κ3) is 2.62. The van der Waals surface area contributed by atoms with Gasteiger partial charge in [0.2, 0.25) is 5.91 Å². The van der Waals surface area contributed by atoms with Gasteiger partial charge >= 0.3 is 0 Å². The first-order chi connectivity index (χ1) is 8.16. The second kappa shape index (κ2) is 4.54. The fourth-order valence-electron chi connectivity index (χ4n) is 1.94. The quantitative estimate of drug-likeness (QED) is 0.861. The number of nitrogens with zero attached hydrogens (tertiary/aromatic N) is 1. The summed E-state index contributed by atoms with van der Waals surface area (Å²) >= 11 is 0. The van der Waals surface area contributed by atoms with Crippen LogP contribution < -0.4 is 5.32 Å². The van der Waals surface area contributed by atoms with E-state index >= 15 is 0 Å². The van der Waals surface area contributed by atoms with Gasteiger partial charge in [0.05, 0.1) is 6.07 Å². The molecule has 1 aromatic rings. The summed E-state index contributed by atoms with van der Waals surface area (Å²) in [6, 6.07) is 8.29. The molecule has 1 aliphatic rings. The Bertz CT molecular complexity index is 475. The van der Waals surface area contributed by atoms with Crippen LogP contribution in [0.3, 0.4) is 0 Å². The topological polar surface area (TPSA) is 52.9 Å². The minimum atomic E-state index is -0.268. The summed E-state index contributed by atoms with van der Waals surface area (Å²) in [5.74, 6) is -0.521.